The number of carbonyl (C=O) groups is 1. The molecule has 0 spiro atoms. The predicted molar refractivity (Wildman–Crippen MR) is 84.7 cm³/mol. The van der Waals surface area contributed by atoms with E-state index in [9.17, 15) is 9.90 Å². The molecule has 0 bridgehead atoms. The van der Waals surface area contributed by atoms with E-state index in [1.54, 1.807) is 45.2 Å². The number of halogens is 1. The summed E-state index contributed by atoms with van der Waals surface area (Å²) in [6, 6.07) is 5.77. The maximum atomic E-state index is 15.3. The van der Waals surface area contributed by atoms with Crippen molar-refractivity contribution < 1.29 is 28.5 Å². The summed E-state index contributed by atoms with van der Waals surface area (Å²) >= 11 is 0. The molecule has 2 heterocycles. The van der Waals surface area contributed by atoms with Gasteiger partial charge in [-0.2, -0.15) is 0 Å². The van der Waals surface area contributed by atoms with E-state index in [0.717, 1.165) is 0 Å². The molecule has 132 valence electrons. The number of carbonyl (C=O) groups excluding carboxylic acids is 1. The van der Waals surface area contributed by atoms with E-state index in [-0.39, 0.29) is 6.61 Å². The standard InChI is InChI=1S/C17H22FNO5/c1-10(20)17(18)14(13-9-23-16(2,3)24-13)19(15(17)21)11-5-7-12(22-4)8-6-11/h5-8,10,13-14,20H,9H2,1-4H3/t10?,13-,14+,17-/m1/s1. The van der Waals surface area contributed by atoms with Gasteiger partial charge in [0.1, 0.15) is 17.9 Å². The van der Waals surface area contributed by atoms with E-state index in [1.807, 2.05) is 0 Å². The lowest BCUT2D eigenvalue weighted by atomic mass is 9.76. The average molecular weight is 339 g/mol. The zero-order valence-electron chi connectivity index (χ0n) is 14.2. The molecular weight excluding hydrogens is 317 g/mol. The summed E-state index contributed by atoms with van der Waals surface area (Å²) in [7, 11) is 1.54. The molecule has 0 aromatic heterocycles. The number of hydrogen-bond donors (Lipinski definition) is 1. The van der Waals surface area contributed by atoms with E-state index in [4.69, 9.17) is 14.2 Å². The number of aliphatic hydroxyl groups excluding tert-OH is 1. The van der Waals surface area contributed by atoms with Crippen LogP contribution in [0.5, 0.6) is 5.75 Å². The molecule has 4 atom stereocenters. The van der Waals surface area contributed by atoms with Crippen molar-refractivity contribution in [2.24, 2.45) is 0 Å². The van der Waals surface area contributed by atoms with Crippen LogP contribution in [-0.2, 0) is 14.3 Å². The van der Waals surface area contributed by atoms with Gasteiger partial charge in [-0.25, -0.2) is 4.39 Å². The molecule has 1 aromatic carbocycles. The highest BCUT2D eigenvalue weighted by molar-refractivity contribution is 6.09. The quantitative estimate of drug-likeness (QED) is 0.845. The van der Waals surface area contributed by atoms with E-state index in [1.165, 1.54) is 11.8 Å². The average Bonchev–Trinajstić information content (AvgIpc) is 2.90. The summed E-state index contributed by atoms with van der Waals surface area (Å²) in [4.78, 5) is 13.8. The summed E-state index contributed by atoms with van der Waals surface area (Å²) < 4.78 is 31.6. The highest BCUT2D eigenvalue weighted by atomic mass is 19.1. The van der Waals surface area contributed by atoms with Crippen LogP contribution in [0.1, 0.15) is 20.8 Å². The van der Waals surface area contributed by atoms with Crippen LogP contribution in [0.15, 0.2) is 24.3 Å². The van der Waals surface area contributed by atoms with Gasteiger partial charge in [-0.05, 0) is 45.0 Å². The minimum atomic E-state index is -2.39. The molecule has 0 saturated carbocycles. The first-order valence-corrected chi connectivity index (χ1v) is 7.87. The third-order valence-corrected chi connectivity index (χ3v) is 4.60. The van der Waals surface area contributed by atoms with Crippen LogP contribution in [0.25, 0.3) is 0 Å². The normalized spacial score (nSPS) is 33.2. The van der Waals surface area contributed by atoms with Crippen LogP contribution in [-0.4, -0.2) is 54.4 Å². The Morgan fingerprint density at radius 2 is 2.00 bits per heavy atom. The number of methoxy groups -OCH3 is 1. The lowest BCUT2D eigenvalue weighted by Crippen LogP contribution is -2.79. The van der Waals surface area contributed by atoms with E-state index >= 15 is 4.39 Å². The minimum absolute atomic E-state index is 0.149. The van der Waals surface area contributed by atoms with Gasteiger partial charge in [0.15, 0.2) is 5.79 Å². The summed E-state index contributed by atoms with van der Waals surface area (Å²) in [6.07, 6.45) is -2.11. The van der Waals surface area contributed by atoms with E-state index in [0.29, 0.717) is 11.4 Å². The van der Waals surface area contributed by atoms with Crippen LogP contribution in [0.3, 0.4) is 0 Å². The number of hydrogen-bond acceptors (Lipinski definition) is 5. The molecular formula is C17H22FNO5. The Kier molecular flexibility index (Phi) is 4.06. The second-order valence-corrected chi connectivity index (χ2v) is 6.63. The van der Waals surface area contributed by atoms with Crippen molar-refractivity contribution >= 4 is 11.6 Å². The van der Waals surface area contributed by atoms with Gasteiger partial charge in [-0.1, -0.05) is 0 Å². The molecule has 2 aliphatic rings. The molecule has 2 saturated heterocycles. The minimum Gasteiger partial charge on any atom is -0.497 e. The Morgan fingerprint density at radius 1 is 1.38 bits per heavy atom. The fraction of sp³-hybridized carbons (Fsp3) is 0.588. The third kappa shape index (κ3) is 2.47. The topological polar surface area (TPSA) is 68.2 Å². The lowest BCUT2D eigenvalue weighted by molar-refractivity contribution is -0.174. The zero-order valence-corrected chi connectivity index (χ0v) is 14.2. The van der Waals surface area contributed by atoms with Crippen LogP contribution in [0, 0.1) is 0 Å². The number of nitrogens with zero attached hydrogens (tertiary/aromatic N) is 1. The lowest BCUT2D eigenvalue weighted by Gasteiger charge is -2.54. The molecule has 1 amide bonds. The Morgan fingerprint density at radius 3 is 2.46 bits per heavy atom. The van der Waals surface area contributed by atoms with Crippen LogP contribution < -0.4 is 9.64 Å². The van der Waals surface area contributed by atoms with Gasteiger partial charge in [0, 0.05) is 5.69 Å². The first-order chi connectivity index (χ1) is 11.2. The van der Waals surface area contributed by atoms with Crippen molar-refractivity contribution in [1.29, 1.82) is 0 Å². The van der Waals surface area contributed by atoms with Crippen LogP contribution in [0.4, 0.5) is 10.1 Å². The Labute approximate surface area is 140 Å². The molecule has 7 heteroatoms. The van der Waals surface area contributed by atoms with Crippen molar-refractivity contribution in [3.8, 4) is 5.75 Å². The highest BCUT2D eigenvalue weighted by Gasteiger charge is 2.69. The highest BCUT2D eigenvalue weighted by Crippen LogP contribution is 2.45. The summed E-state index contributed by atoms with van der Waals surface area (Å²) in [5, 5.41) is 9.87. The predicted octanol–water partition coefficient (Wildman–Crippen LogP) is 1.65. The summed E-state index contributed by atoms with van der Waals surface area (Å²) in [5.74, 6) is -0.998. The molecule has 1 aromatic rings. The van der Waals surface area contributed by atoms with Gasteiger partial charge < -0.3 is 19.3 Å². The van der Waals surface area contributed by atoms with Crippen molar-refractivity contribution in [1.82, 2.24) is 0 Å². The van der Waals surface area contributed by atoms with Gasteiger partial charge >= 0.3 is 0 Å². The number of rotatable bonds is 4. The number of benzene rings is 1. The smallest absolute Gasteiger partial charge is 0.270 e. The summed E-state index contributed by atoms with van der Waals surface area (Å²) in [5.41, 5.74) is -1.87. The van der Waals surface area contributed by atoms with Crippen molar-refractivity contribution in [2.45, 2.75) is 50.5 Å². The largest absolute Gasteiger partial charge is 0.497 e. The molecule has 2 aliphatic heterocycles. The van der Waals surface area contributed by atoms with Crippen LogP contribution >= 0.6 is 0 Å². The first kappa shape index (κ1) is 17.1. The second-order valence-electron chi connectivity index (χ2n) is 6.63. The molecule has 1 N–H and O–H groups in total. The van der Waals surface area contributed by atoms with Gasteiger partial charge in [0.25, 0.3) is 5.91 Å². The molecule has 1 unspecified atom stereocenters. The van der Waals surface area contributed by atoms with E-state index < -0.39 is 35.6 Å². The fourth-order valence-corrected chi connectivity index (χ4v) is 3.31. The molecule has 0 aliphatic carbocycles. The first-order valence-electron chi connectivity index (χ1n) is 7.87. The van der Waals surface area contributed by atoms with Gasteiger partial charge in [0.05, 0.1) is 19.8 Å². The number of β-lactam (4-membered cyclic amide) rings is 1. The second kappa shape index (κ2) is 5.68. The maximum absolute atomic E-state index is 15.3. The monoisotopic (exact) mass is 339 g/mol. The fourth-order valence-electron chi connectivity index (χ4n) is 3.31. The van der Waals surface area contributed by atoms with Gasteiger partial charge in [0.2, 0.25) is 5.67 Å². The van der Waals surface area contributed by atoms with Crippen LogP contribution in [0.2, 0.25) is 0 Å². The maximum Gasteiger partial charge on any atom is 0.270 e. The third-order valence-electron chi connectivity index (χ3n) is 4.60. The Hall–Kier alpha value is -1.70. The number of aliphatic hydroxyl groups is 1. The SMILES string of the molecule is COc1ccc(N2C(=O)[C@@](F)(C(C)O)[C@@H]2[C@H]2COC(C)(C)O2)cc1. The Balaban J connectivity index is 1.93. The van der Waals surface area contributed by atoms with E-state index in [2.05, 4.69) is 0 Å². The van der Waals surface area contributed by atoms with Gasteiger partial charge in [-0.3, -0.25) is 9.69 Å². The Bertz CT molecular complexity index is 632. The number of anilines is 1. The number of ether oxygens (including phenoxy) is 3. The van der Waals surface area contributed by atoms with Crippen molar-refractivity contribution in [3.05, 3.63) is 24.3 Å². The number of alkyl halides is 1. The number of amides is 1. The molecule has 0 radical (unpaired) electrons. The van der Waals surface area contributed by atoms with Crippen molar-refractivity contribution in [2.75, 3.05) is 18.6 Å². The molecule has 24 heavy (non-hydrogen) atoms. The summed E-state index contributed by atoms with van der Waals surface area (Å²) in [6.45, 7) is 4.88. The van der Waals surface area contributed by atoms with Gasteiger partial charge in [-0.15, -0.1) is 0 Å². The van der Waals surface area contributed by atoms with Crippen molar-refractivity contribution in [3.63, 3.8) is 0 Å². The molecule has 2 fully saturated rings. The zero-order chi connectivity index (χ0) is 17.7. The molecule has 6 nitrogen and oxygen atoms in total. The molecule has 3 rings (SSSR count).